The van der Waals surface area contributed by atoms with Crippen molar-refractivity contribution in [1.82, 2.24) is 19.1 Å². The number of piperazine rings is 1. The van der Waals surface area contributed by atoms with E-state index in [1.807, 2.05) is 4.90 Å². The van der Waals surface area contributed by atoms with Gasteiger partial charge in [0, 0.05) is 51.5 Å². The van der Waals surface area contributed by atoms with Crippen molar-refractivity contribution in [2.75, 3.05) is 39.3 Å². The zero-order valence-corrected chi connectivity index (χ0v) is 17.4. The summed E-state index contributed by atoms with van der Waals surface area (Å²) in [6.07, 6.45) is 10.9. The van der Waals surface area contributed by atoms with E-state index < -0.39 is 10.0 Å². The number of amides is 1. The van der Waals surface area contributed by atoms with Crippen molar-refractivity contribution in [1.29, 1.82) is 0 Å². The molecule has 0 bridgehead atoms. The largest absolute Gasteiger partial charge is 0.356 e. The van der Waals surface area contributed by atoms with Crippen LogP contribution in [0.5, 0.6) is 0 Å². The molecule has 4 rings (SSSR count). The van der Waals surface area contributed by atoms with Crippen molar-refractivity contribution in [3.63, 3.8) is 0 Å². The highest BCUT2D eigenvalue weighted by molar-refractivity contribution is 7.89. The molecule has 0 radical (unpaired) electrons. The molecule has 0 atom stereocenters. The first-order valence-electron chi connectivity index (χ1n) is 10.8. The van der Waals surface area contributed by atoms with Crippen LogP contribution in [0.4, 0.5) is 0 Å². The summed E-state index contributed by atoms with van der Waals surface area (Å²) in [5.41, 5.74) is 0.377. The van der Waals surface area contributed by atoms with E-state index in [1.54, 1.807) is 0 Å². The van der Waals surface area contributed by atoms with Gasteiger partial charge in [-0.1, -0.05) is 25.7 Å². The molecular formula is C20H32N4O3S. The monoisotopic (exact) mass is 408 g/mol. The fraction of sp³-hybridized carbons (Fsp3) is 0.750. The van der Waals surface area contributed by atoms with Crippen LogP contribution in [-0.2, 0) is 10.0 Å². The number of H-pyrrole nitrogens is 1. The molecule has 7 nitrogen and oxygen atoms in total. The Morgan fingerprint density at radius 2 is 1.54 bits per heavy atom. The second kappa shape index (κ2) is 8.55. The first-order valence-corrected chi connectivity index (χ1v) is 12.2. The molecule has 1 N–H and O–H groups in total. The van der Waals surface area contributed by atoms with E-state index in [9.17, 15) is 13.2 Å². The summed E-state index contributed by atoms with van der Waals surface area (Å²) >= 11 is 0. The molecular weight excluding hydrogens is 376 g/mol. The van der Waals surface area contributed by atoms with E-state index in [1.165, 1.54) is 48.7 Å². The Kier molecular flexibility index (Phi) is 6.08. The second-order valence-electron chi connectivity index (χ2n) is 8.33. The van der Waals surface area contributed by atoms with E-state index in [2.05, 4.69) is 9.88 Å². The van der Waals surface area contributed by atoms with Gasteiger partial charge in [0.15, 0.2) is 0 Å². The van der Waals surface area contributed by atoms with Gasteiger partial charge >= 0.3 is 0 Å². The molecule has 0 spiro atoms. The van der Waals surface area contributed by atoms with Crippen molar-refractivity contribution in [2.45, 2.75) is 62.3 Å². The standard InChI is InChI=1S/C20H32N4O3S/c25-20(23-13-11-22(12-14-23)17-7-3-1-4-8-17)19-15-18(16-21-19)28(26,27)24-9-5-2-6-10-24/h15-17,21H,1-14H2. The second-order valence-corrected chi connectivity index (χ2v) is 10.3. The molecule has 0 aromatic carbocycles. The number of nitrogens with zero attached hydrogens (tertiary/aromatic N) is 3. The fourth-order valence-corrected chi connectivity index (χ4v) is 6.32. The third-order valence-corrected chi connectivity index (χ3v) is 8.41. The van der Waals surface area contributed by atoms with Gasteiger partial charge in [0.2, 0.25) is 10.0 Å². The number of carbonyl (C=O) groups excluding carboxylic acids is 1. The Bertz CT molecular complexity index is 771. The van der Waals surface area contributed by atoms with Crippen molar-refractivity contribution in [3.05, 3.63) is 18.0 Å². The maximum atomic E-state index is 12.9. The smallest absolute Gasteiger partial charge is 0.270 e. The predicted octanol–water partition coefficient (Wildman–Crippen LogP) is 2.28. The lowest BCUT2D eigenvalue weighted by atomic mass is 9.94. The van der Waals surface area contributed by atoms with Crippen LogP contribution in [0.1, 0.15) is 61.9 Å². The summed E-state index contributed by atoms with van der Waals surface area (Å²) < 4.78 is 27.1. The fourth-order valence-electron chi connectivity index (χ4n) is 4.81. The molecule has 1 saturated carbocycles. The number of carbonyl (C=O) groups is 1. The normalized spacial score (nSPS) is 23.8. The average Bonchev–Trinajstić information content (AvgIpc) is 3.26. The summed E-state index contributed by atoms with van der Waals surface area (Å²) in [6, 6.07) is 2.19. The molecule has 3 heterocycles. The van der Waals surface area contributed by atoms with Gasteiger partial charge in [-0.3, -0.25) is 9.69 Å². The van der Waals surface area contributed by atoms with E-state index in [0.717, 1.165) is 32.4 Å². The van der Waals surface area contributed by atoms with Crippen molar-refractivity contribution >= 4 is 15.9 Å². The van der Waals surface area contributed by atoms with Crippen LogP contribution in [0.15, 0.2) is 17.2 Å². The Morgan fingerprint density at radius 1 is 0.893 bits per heavy atom. The van der Waals surface area contributed by atoms with Crippen molar-refractivity contribution in [2.24, 2.45) is 0 Å². The lowest BCUT2D eigenvalue weighted by Crippen LogP contribution is -2.52. The number of nitrogens with one attached hydrogen (secondary N) is 1. The third-order valence-electron chi connectivity index (χ3n) is 6.53. The molecule has 8 heteroatoms. The first-order chi connectivity index (χ1) is 13.6. The highest BCUT2D eigenvalue weighted by Gasteiger charge is 2.30. The summed E-state index contributed by atoms with van der Waals surface area (Å²) in [7, 11) is -3.51. The molecule has 2 aliphatic heterocycles. The number of piperidine rings is 1. The summed E-state index contributed by atoms with van der Waals surface area (Å²) in [6.45, 7) is 4.39. The maximum absolute atomic E-state index is 12.9. The average molecular weight is 409 g/mol. The Hall–Kier alpha value is -1.38. The quantitative estimate of drug-likeness (QED) is 0.829. The minimum absolute atomic E-state index is 0.0941. The molecule has 1 aromatic heterocycles. The summed E-state index contributed by atoms with van der Waals surface area (Å²) in [5, 5.41) is 0. The van der Waals surface area contributed by atoms with Crippen LogP contribution in [0.2, 0.25) is 0 Å². The minimum atomic E-state index is -3.51. The maximum Gasteiger partial charge on any atom is 0.270 e. The molecule has 2 saturated heterocycles. The van der Waals surface area contributed by atoms with Crippen LogP contribution in [0, 0.1) is 0 Å². The van der Waals surface area contributed by atoms with Crippen LogP contribution >= 0.6 is 0 Å². The van der Waals surface area contributed by atoms with Crippen LogP contribution in [0.3, 0.4) is 0 Å². The highest BCUT2D eigenvalue weighted by Crippen LogP contribution is 2.25. The lowest BCUT2D eigenvalue weighted by Gasteiger charge is -2.40. The number of sulfonamides is 1. The van der Waals surface area contributed by atoms with Gasteiger partial charge in [0.25, 0.3) is 5.91 Å². The molecule has 1 aliphatic carbocycles. The van der Waals surface area contributed by atoms with E-state index in [0.29, 0.717) is 37.9 Å². The zero-order chi connectivity index (χ0) is 19.6. The minimum Gasteiger partial charge on any atom is -0.356 e. The Balaban J connectivity index is 1.37. The topological polar surface area (TPSA) is 76.7 Å². The number of aromatic amines is 1. The van der Waals surface area contributed by atoms with Crippen molar-refractivity contribution < 1.29 is 13.2 Å². The van der Waals surface area contributed by atoms with Crippen molar-refractivity contribution in [3.8, 4) is 0 Å². The van der Waals surface area contributed by atoms with Gasteiger partial charge in [-0.2, -0.15) is 4.31 Å². The van der Waals surface area contributed by atoms with E-state index in [4.69, 9.17) is 0 Å². The molecule has 3 fully saturated rings. The van der Waals surface area contributed by atoms with E-state index >= 15 is 0 Å². The number of aromatic nitrogens is 1. The highest BCUT2D eigenvalue weighted by atomic mass is 32.2. The Morgan fingerprint density at radius 3 is 2.21 bits per heavy atom. The Labute approximate surface area is 168 Å². The number of hydrogen-bond donors (Lipinski definition) is 1. The SMILES string of the molecule is O=C(c1cc(S(=O)(=O)N2CCCCC2)c[nH]1)N1CCN(C2CCCCC2)CC1. The molecule has 0 unspecified atom stereocenters. The van der Waals surface area contributed by atoms with Crippen LogP contribution < -0.4 is 0 Å². The van der Waals surface area contributed by atoms with Crippen LogP contribution in [-0.4, -0.2) is 78.7 Å². The summed E-state index contributed by atoms with van der Waals surface area (Å²) in [5.74, 6) is -0.0941. The van der Waals surface area contributed by atoms with Crippen LogP contribution in [0.25, 0.3) is 0 Å². The predicted molar refractivity (Wildman–Crippen MR) is 108 cm³/mol. The van der Waals surface area contributed by atoms with Gasteiger partial charge in [0.1, 0.15) is 10.6 Å². The molecule has 28 heavy (non-hydrogen) atoms. The molecule has 156 valence electrons. The molecule has 1 amide bonds. The lowest BCUT2D eigenvalue weighted by molar-refractivity contribution is 0.0519. The van der Waals surface area contributed by atoms with E-state index in [-0.39, 0.29) is 10.8 Å². The first kappa shape index (κ1) is 19.9. The zero-order valence-electron chi connectivity index (χ0n) is 16.6. The van der Waals surface area contributed by atoms with Gasteiger partial charge in [-0.15, -0.1) is 0 Å². The van der Waals surface area contributed by atoms with Gasteiger partial charge in [-0.25, -0.2) is 8.42 Å². The third kappa shape index (κ3) is 4.14. The van der Waals surface area contributed by atoms with Gasteiger partial charge < -0.3 is 9.88 Å². The number of rotatable bonds is 4. The van der Waals surface area contributed by atoms with Gasteiger partial charge in [0.05, 0.1) is 0 Å². The molecule has 1 aromatic rings. The number of hydrogen-bond acceptors (Lipinski definition) is 4. The summed E-state index contributed by atoms with van der Waals surface area (Å²) in [4.78, 5) is 20.4. The molecule has 3 aliphatic rings. The van der Waals surface area contributed by atoms with Gasteiger partial charge in [-0.05, 0) is 31.7 Å².